The molecule has 0 saturated heterocycles. The van der Waals surface area contributed by atoms with E-state index in [9.17, 15) is 8.42 Å². The zero-order valence-corrected chi connectivity index (χ0v) is 7.11. The molecule has 1 aliphatic rings. The van der Waals surface area contributed by atoms with E-state index in [0.717, 1.165) is 12.8 Å². The highest BCUT2D eigenvalue weighted by Crippen LogP contribution is 2.43. The minimum absolute atomic E-state index is 0.0897. The van der Waals surface area contributed by atoms with Gasteiger partial charge in [-0.05, 0) is 18.3 Å². The number of hydrogen-bond acceptors (Lipinski definition) is 2. The van der Waals surface area contributed by atoms with E-state index in [0.29, 0.717) is 0 Å². The molecule has 4 heteroatoms. The molecule has 0 spiro atoms. The number of nitrogens with two attached hydrogens (primary N) is 1. The van der Waals surface area contributed by atoms with Gasteiger partial charge in [-0.2, -0.15) is 0 Å². The van der Waals surface area contributed by atoms with Crippen molar-refractivity contribution in [3.05, 3.63) is 0 Å². The zero-order chi connectivity index (χ0) is 7.99. The number of hydrogen-bond donors (Lipinski definition) is 1. The summed E-state index contributed by atoms with van der Waals surface area (Å²) in [6, 6.07) is 0. The first kappa shape index (κ1) is 8.01. The van der Waals surface area contributed by atoms with Gasteiger partial charge in [-0.15, -0.1) is 0 Å². The zero-order valence-electron chi connectivity index (χ0n) is 6.29. The van der Waals surface area contributed by atoms with E-state index in [1.807, 2.05) is 13.8 Å². The van der Waals surface area contributed by atoms with E-state index in [1.165, 1.54) is 0 Å². The number of sulfonamides is 1. The molecule has 3 nitrogen and oxygen atoms in total. The largest absolute Gasteiger partial charge is 0.228 e. The van der Waals surface area contributed by atoms with Gasteiger partial charge < -0.3 is 0 Å². The van der Waals surface area contributed by atoms with Gasteiger partial charge in [-0.25, -0.2) is 13.6 Å². The summed E-state index contributed by atoms with van der Waals surface area (Å²) in [7, 11) is -3.27. The lowest BCUT2D eigenvalue weighted by Crippen LogP contribution is -2.48. The van der Waals surface area contributed by atoms with Gasteiger partial charge in [0.15, 0.2) is 0 Å². The Hall–Kier alpha value is -0.0900. The maximum atomic E-state index is 10.8. The lowest BCUT2D eigenvalue weighted by Gasteiger charge is -2.42. The lowest BCUT2D eigenvalue weighted by atomic mass is 9.72. The molecule has 60 valence electrons. The van der Waals surface area contributed by atoms with E-state index in [4.69, 9.17) is 5.14 Å². The van der Waals surface area contributed by atoms with Gasteiger partial charge >= 0.3 is 0 Å². The van der Waals surface area contributed by atoms with Crippen molar-refractivity contribution in [1.82, 2.24) is 0 Å². The summed E-state index contributed by atoms with van der Waals surface area (Å²) in [5.41, 5.74) is -0.0897. The topological polar surface area (TPSA) is 60.2 Å². The normalized spacial score (nSPS) is 31.3. The van der Waals surface area contributed by atoms with Gasteiger partial charge in [-0.3, -0.25) is 0 Å². The average molecular weight is 163 g/mol. The Morgan fingerprint density at radius 2 is 2.00 bits per heavy atom. The highest BCUT2D eigenvalue weighted by Gasteiger charge is 2.45. The van der Waals surface area contributed by atoms with Crippen molar-refractivity contribution in [3.63, 3.8) is 0 Å². The molecule has 0 aromatic carbocycles. The second kappa shape index (κ2) is 1.95. The molecule has 2 N–H and O–H groups in total. The highest BCUT2D eigenvalue weighted by atomic mass is 32.2. The van der Waals surface area contributed by atoms with E-state index in [1.54, 1.807) is 0 Å². The molecule has 0 heterocycles. The molecule has 1 unspecified atom stereocenters. The average Bonchev–Trinajstić information content (AvgIpc) is 1.58. The Morgan fingerprint density at radius 1 is 1.50 bits per heavy atom. The van der Waals surface area contributed by atoms with Crippen LogP contribution in [0.1, 0.15) is 26.7 Å². The Morgan fingerprint density at radius 3 is 2.00 bits per heavy atom. The predicted octanol–water partition coefficient (Wildman–Crippen LogP) is 0.464. The molecule has 0 aliphatic heterocycles. The summed E-state index contributed by atoms with van der Waals surface area (Å²) in [5.74, 6) is 0. The van der Waals surface area contributed by atoms with Crippen molar-refractivity contribution in [2.75, 3.05) is 0 Å². The summed E-state index contributed by atoms with van der Waals surface area (Å²) >= 11 is 0. The second-order valence-electron chi connectivity index (χ2n) is 3.60. The number of rotatable bonds is 1. The van der Waals surface area contributed by atoms with Crippen LogP contribution in [0.15, 0.2) is 0 Å². The maximum Gasteiger partial charge on any atom is 0.212 e. The van der Waals surface area contributed by atoms with E-state index in [2.05, 4.69) is 0 Å². The Bertz CT molecular complexity index is 230. The molecular formula is C6H13NO2S. The van der Waals surface area contributed by atoms with Gasteiger partial charge in [0, 0.05) is 0 Å². The van der Waals surface area contributed by atoms with Gasteiger partial charge in [0.05, 0.1) is 5.25 Å². The van der Waals surface area contributed by atoms with Crippen molar-refractivity contribution >= 4 is 10.0 Å². The minimum Gasteiger partial charge on any atom is -0.228 e. The second-order valence-corrected chi connectivity index (χ2v) is 5.35. The van der Waals surface area contributed by atoms with Crippen molar-refractivity contribution in [2.45, 2.75) is 31.9 Å². The van der Waals surface area contributed by atoms with Gasteiger partial charge in [0.2, 0.25) is 10.0 Å². The van der Waals surface area contributed by atoms with E-state index < -0.39 is 10.0 Å². The molecule has 10 heavy (non-hydrogen) atoms. The van der Waals surface area contributed by atoms with Crippen LogP contribution >= 0.6 is 0 Å². The first-order valence-corrected chi connectivity index (χ1v) is 4.96. The molecule has 0 bridgehead atoms. The molecule has 0 amide bonds. The van der Waals surface area contributed by atoms with Crippen molar-refractivity contribution in [1.29, 1.82) is 0 Å². The molecular weight excluding hydrogens is 150 g/mol. The van der Waals surface area contributed by atoms with Crippen LogP contribution in [0.25, 0.3) is 0 Å². The van der Waals surface area contributed by atoms with Crippen LogP contribution in [0, 0.1) is 5.41 Å². The van der Waals surface area contributed by atoms with E-state index in [-0.39, 0.29) is 10.7 Å². The number of primary sulfonamides is 1. The lowest BCUT2D eigenvalue weighted by molar-refractivity contribution is 0.195. The summed E-state index contributed by atoms with van der Waals surface area (Å²) in [5, 5.41) is 4.68. The third kappa shape index (κ3) is 1.18. The molecule has 1 fully saturated rings. The van der Waals surface area contributed by atoms with E-state index >= 15 is 0 Å². The highest BCUT2D eigenvalue weighted by molar-refractivity contribution is 7.89. The quantitative estimate of drug-likeness (QED) is 0.610. The summed E-state index contributed by atoms with van der Waals surface area (Å²) in [6.07, 6.45) is 1.69. The van der Waals surface area contributed by atoms with Crippen LogP contribution in [-0.2, 0) is 10.0 Å². The van der Waals surface area contributed by atoms with Crippen LogP contribution in [0.4, 0.5) is 0 Å². The molecule has 1 aliphatic carbocycles. The molecule has 0 aromatic rings. The first-order chi connectivity index (χ1) is 4.34. The van der Waals surface area contributed by atoms with Crippen LogP contribution < -0.4 is 5.14 Å². The first-order valence-electron chi connectivity index (χ1n) is 3.36. The molecule has 1 rings (SSSR count). The van der Waals surface area contributed by atoms with Crippen molar-refractivity contribution < 1.29 is 8.42 Å². The van der Waals surface area contributed by atoms with Crippen LogP contribution in [0.5, 0.6) is 0 Å². The van der Waals surface area contributed by atoms with Crippen molar-refractivity contribution in [3.8, 4) is 0 Å². The Labute approximate surface area is 61.7 Å². The van der Waals surface area contributed by atoms with Crippen molar-refractivity contribution in [2.24, 2.45) is 10.6 Å². The fourth-order valence-electron chi connectivity index (χ4n) is 1.45. The summed E-state index contributed by atoms with van der Waals surface area (Å²) < 4.78 is 21.6. The molecule has 1 saturated carbocycles. The van der Waals surface area contributed by atoms with Gasteiger partial charge in [0.1, 0.15) is 0 Å². The monoisotopic (exact) mass is 163 g/mol. The molecule has 0 radical (unpaired) electrons. The van der Waals surface area contributed by atoms with Crippen LogP contribution in [0.3, 0.4) is 0 Å². The fraction of sp³-hybridized carbons (Fsp3) is 1.00. The Balaban J connectivity index is 2.80. The van der Waals surface area contributed by atoms with Crippen LogP contribution in [0.2, 0.25) is 0 Å². The SMILES string of the molecule is CC1(C)CCC1S(N)(=O)=O. The molecule has 1 atom stereocenters. The van der Waals surface area contributed by atoms with Gasteiger partial charge in [0.25, 0.3) is 0 Å². The molecule has 0 aromatic heterocycles. The maximum absolute atomic E-state index is 10.8. The third-order valence-electron chi connectivity index (χ3n) is 2.32. The summed E-state index contributed by atoms with van der Waals surface area (Å²) in [6.45, 7) is 3.87. The summed E-state index contributed by atoms with van der Waals surface area (Å²) in [4.78, 5) is 0. The predicted molar refractivity (Wildman–Crippen MR) is 39.9 cm³/mol. The van der Waals surface area contributed by atoms with Gasteiger partial charge in [-0.1, -0.05) is 13.8 Å². The Kier molecular flexibility index (Phi) is 1.56. The van der Waals surface area contributed by atoms with Crippen LogP contribution in [-0.4, -0.2) is 13.7 Å². The smallest absolute Gasteiger partial charge is 0.212 e. The minimum atomic E-state index is -3.27. The third-order valence-corrected chi connectivity index (χ3v) is 3.99. The fourth-order valence-corrected chi connectivity index (χ4v) is 2.90. The standard InChI is InChI=1S/C6H13NO2S/c1-6(2)4-3-5(6)10(7,8)9/h5H,3-4H2,1-2H3,(H2,7,8,9).